The van der Waals surface area contributed by atoms with Crippen LogP contribution in [0, 0.1) is 29.1 Å². The molecule has 27 heavy (non-hydrogen) atoms. The van der Waals surface area contributed by atoms with Gasteiger partial charge in [-0.05, 0) is 86.9 Å². The molecule has 2 aliphatic heterocycles. The molecule has 6 rings (SSSR count). The summed E-state index contributed by atoms with van der Waals surface area (Å²) >= 11 is 0. The van der Waals surface area contributed by atoms with E-state index in [1.807, 2.05) is 4.90 Å². The van der Waals surface area contributed by atoms with Crippen molar-refractivity contribution in [1.29, 1.82) is 0 Å². The first-order valence-corrected chi connectivity index (χ1v) is 11.0. The largest absolute Gasteiger partial charge is 0.465 e. The van der Waals surface area contributed by atoms with Crippen molar-refractivity contribution in [3.63, 3.8) is 0 Å². The number of urea groups is 1. The summed E-state index contributed by atoms with van der Waals surface area (Å²) in [4.78, 5) is 27.6. The van der Waals surface area contributed by atoms with Crippen LogP contribution in [-0.4, -0.2) is 59.3 Å². The molecule has 2 saturated heterocycles. The molecule has 0 aromatic rings. The monoisotopic (exact) mass is 375 g/mol. The molecule has 0 unspecified atom stereocenters. The maximum atomic E-state index is 12.9. The predicted molar refractivity (Wildman–Crippen MR) is 101 cm³/mol. The van der Waals surface area contributed by atoms with E-state index in [4.69, 9.17) is 5.11 Å². The molecule has 0 atom stereocenters. The standard InChI is InChI=1S/C21H33N3O3/c25-19(22-18-16-10-14-9-15(12-16)13-17(18)11-14)23-5-1-21(2-6-23)3-7-24(8-4-21)20(26)27/h14-18H,1-13H2,(H,22,25)(H,26,27). The number of hydrogen-bond donors (Lipinski definition) is 2. The van der Waals surface area contributed by atoms with E-state index in [1.165, 1.54) is 37.0 Å². The first-order valence-electron chi connectivity index (χ1n) is 11.0. The highest BCUT2D eigenvalue weighted by Gasteiger charge is 2.49. The molecule has 6 nitrogen and oxygen atoms in total. The average molecular weight is 376 g/mol. The molecule has 0 aromatic carbocycles. The van der Waals surface area contributed by atoms with Gasteiger partial charge < -0.3 is 20.2 Å². The van der Waals surface area contributed by atoms with Gasteiger partial charge in [0.05, 0.1) is 0 Å². The fourth-order valence-electron chi connectivity index (χ4n) is 7.25. The number of likely N-dealkylation sites (tertiary alicyclic amines) is 2. The van der Waals surface area contributed by atoms with Crippen LogP contribution in [0.15, 0.2) is 0 Å². The number of piperidine rings is 2. The molecule has 6 heteroatoms. The van der Waals surface area contributed by atoms with Gasteiger partial charge >= 0.3 is 12.1 Å². The van der Waals surface area contributed by atoms with E-state index >= 15 is 0 Å². The molecular formula is C21H33N3O3. The minimum atomic E-state index is -0.794. The average Bonchev–Trinajstić information content (AvgIpc) is 2.65. The van der Waals surface area contributed by atoms with Crippen LogP contribution in [0.5, 0.6) is 0 Å². The number of hydrogen-bond acceptors (Lipinski definition) is 2. The van der Waals surface area contributed by atoms with Crippen LogP contribution in [0.1, 0.15) is 57.8 Å². The molecule has 1 spiro atoms. The second-order valence-electron chi connectivity index (χ2n) is 10.2. The summed E-state index contributed by atoms with van der Waals surface area (Å²) in [6.07, 6.45) is 9.93. The molecule has 4 bridgehead atoms. The first-order chi connectivity index (χ1) is 13.0. The van der Waals surface area contributed by atoms with Crippen LogP contribution in [0.2, 0.25) is 0 Å². The van der Waals surface area contributed by atoms with E-state index < -0.39 is 6.09 Å². The molecule has 4 saturated carbocycles. The van der Waals surface area contributed by atoms with Gasteiger partial charge in [-0.1, -0.05) is 0 Å². The Kier molecular flexibility index (Phi) is 4.28. The zero-order valence-corrected chi connectivity index (χ0v) is 16.2. The second-order valence-corrected chi connectivity index (χ2v) is 10.2. The van der Waals surface area contributed by atoms with Gasteiger partial charge in [0.2, 0.25) is 0 Å². The summed E-state index contributed by atoms with van der Waals surface area (Å²) in [6.45, 7) is 2.95. The van der Waals surface area contributed by atoms with Crippen molar-refractivity contribution in [2.24, 2.45) is 29.1 Å². The number of nitrogens with zero attached hydrogens (tertiary/aromatic N) is 2. The van der Waals surface area contributed by atoms with E-state index in [2.05, 4.69) is 5.32 Å². The molecule has 2 N–H and O–H groups in total. The summed E-state index contributed by atoms with van der Waals surface area (Å²) in [6, 6.07) is 0.574. The van der Waals surface area contributed by atoms with E-state index in [0.29, 0.717) is 19.1 Å². The zero-order valence-electron chi connectivity index (χ0n) is 16.2. The van der Waals surface area contributed by atoms with E-state index in [-0.39, 0.29) is 11.4 Å². The van der Waals surface area contributed by atoms with Crippen LogP contribution >= 0.6 is 0 Å². The molecule has 6 fully saturated rings. The van der Waals surface area contributed by atoms with Crippen LogP contribution in [0.25, 0.3) is 0 Å². The Morgan fingerprint density at radius 3 is 1.74 bits per heavy atom. The quantitative estimate of drug-likeness (QED) is 0.738. The van der Waals surface area contributed by atoms with Crippen LogP contribution in [0.3, 0.4) is 0 Å². The van der Waals surface area contributed by atoms with Gasteiger partial charge in [-0.15, -0.1) is 0 Å². The van der Waals surface area contributed by atoms with Gasteiger partial charge in [-0.2, -0.15) is 0 Å². The fourth-order valence-corrected chi connectivity index (χ4v) is 7.25. The number of carboxylic acid groups (broad SMARTS) is 1. The van der Waals surface area contributed by atoms with E-state index in [0.717, 1.165) is 62.4 Å². The first kappa shape index (κ1) is 17.6. The third-order valence-corrected chi connectivity index (χ3v) is 8.72. The second kappa shape index (κ2) is 6.56. The molecular weight excluding hydrogens is 342 g/mol. The van der Waals surface area contributed by atoms with Crippen molar-refractivity contribution in [3.8, 4) is 0 Å². The highest BCUT2D eigenvalue weighted by Crippen LogP contribution is 2.53. The Morgan fingerprint density at radius 1 is 0.778 bits per heavy atom. The maximum absolute atomic E-state index is 12.9. The minimum Gasteiger partial charge on any atom is -0.465 e. The number of nitrogens with one attached hydrogen (secondary N) is 1. The molecule has 150 valence electrons. The summed E-state index contributed by atoms with van der Waals surface area (Å²) < 4.78 is 0. The van der Waals surface area contributed by atoms with Crippen molar-refractivity contribution < 1.29 is 14.7 Å². The number of carbonyl (C=O) groups is 2. The summed E-state index contributed by atoms with van der Waals surface area (Å²) in [5.41, 5.74) is 0.255. The highest BCUT2D eigenvalue weighted by atomic mass is 16.4. The molecule has 2 heterocycles. The lowest BCUT2D eigenvalue weighted by molar-refractivity contribution is -0.0127. The van der Waals surface area contributed by atoms with Crippen LogP contribution < -0.4 is 5.32 Å². The fraction of sp³-hybridized carbons (Fsp3) is 0.905. The SMILES string of the molecule is O=C(O)N1CCC2(CC1)CCN(C(=O)NC1C3CC4CC(C3)CC1C4)CC2. The molecule has 0 aromatic heterocycles. The van der Waals surface area contributed by atoms with Crippen LogP contribution in [-0.2, 0) is 0 Å². The normalized spacial score (nSPS) is 39.6. The molecule has 4 aliphatic carbocycles. The van der Waals surface area contributed by atoms with Gasteiger partial charge in [0.15, 0.2) is 0 Å². The predicted octanol–water partition coefficient (Wildman–Crippen LogP) is 3.38. The summed E-state index contributed by atoms with van der Waals surface area (Å²) in [5.74, 6) is 3.32. The lowest BCUT2D eigenvalue weighted by Crippen LogP contribution is -2.59. The topological polar surface area (TPSA) is 72.9 Å². The Hall–Kier alpha value is -1.46. The van der Waals surface area contributed by atoms with Gasteiger partial charge in [0.25, 0.3) is 0 Å². The Balaban J connectivity index is 1.14. The molecule has 6 aliphatic rings. The lowest BCUT2D eigenvalue weighted by Gasteiger charge is -2.54. The van der Waals surface area contributed by atoms with Crippen LogP contribution in [0.4, 0.5) is 9.59 Å². The molecule has 3 amide bonds. The Bertz CT molecular complexity index is 576. The van der Waals surface area contributed by atoms with Crippen molar-refractivity contribution in [3.05, 3.63) is 0 Å². The number of rotatable bonds is 1. The van der Waals surface area contributed by atoms with Crippen molar-refractivity contribution in [2.45, 2.75) is 63.8 Å². The summed E-state index contributed by atoms with van der Waals surface area (Å²) in [7, 11) is 0. The maximum Gasteiger partial charge on any atom is 0.407 e. The smallest absolute Gasteiger partial charge is 0.407 e. The third kappa shape index (κ3) is 3.19. The van der Waals surface area contributed by atoms with Gasteiger partial charge in [0, 0.05) is 32.2 Å². The van der Waals surface area contributed by atoms with Gasteiger partial charge in [0.1, 0.15) is 0 Å². The lowest BCUT2D eigenvalue weighted by atomic mass is 9.54. The Morgan fingerprint density at radius 2 is 1.26 bits per heavy atom. The minimum absolute atomic E-state index is 0.158. The number of amides is 3. The number of carbonyl (C=O) groups excluding carboxylic acids is 1. The zero-order chi connectivity index (χ0) is 18.6. The third-order valence-electron chi connectivity index (χ3n) is 8.72. The molecule has 0 radical (unpaired) electrons. The summed E-state index contributed by atoms with van der Waals surface area (Å²) in [5, 5.41) is 12.6. The van der Waals surface area contributed by atoms with Crippen molar-refractivity contribution in [1.82, 2.24) is 15.1 Å². The van der Waals surface area contributed by atoms with Crippen molar-refractivity contribution in [2.75, 3.05) is 26.2 Å². The highest BCUT2D eigenvalue weighted by molar-refractivity contribution is 5.74. The van der Waals surface area contributed by atoms with Gasteiger partial charge in [-0.25, -0.2) is 9.59 Å². The van der Waals surface area contributed by atoms with E-state index in [1.54, 1.807) is 0 Å². The van der Waals surface area contributed by atoms with Crippen molar-refractivity contribution >= 4 is 12.1 Å². The van der Waals surface area contributed by atoms with Gasteiger partial charge in [-0.3, -0.25) is 0 Å². The Labute approximate surface area is 161 Å². The van der Waals surface area contributed by atoms with E-state index in [9.17, 15) is 9.59 Å².